The second-order valence-corrected chi connectivity index (χ2v) is 5.59. The number of esters is 1. The number of anilines is 2. The van der Waals surface area contributed by atoms with E-state index in [1.165, 1.54) is 19.8 Å². The fourth-order valence-electron chi connectivity index (χ4n) is 1.67. The highest BCUT2D eigenvalue weighted by molar-refractivity contribution is 5.86. The fraction of sp³-hybridized carbons (Fsp3) is 0.500. The zero-order chi connectivity index (χ0) is 20.6. The first kappa shape index (κ1) is 22.3. The van der Waals surface area contributed by atoms with Crippen LogP contribution in [0.2, 0.25) is 0 Å². The third kappa shape index (κ3) is 7.19. The number of ether oxygens (including phenoxy) is 1. The van der Waals surface area contributed by atoms with Crippen LogP contribution < -0.4 is 11.1 Å². The lowest BCUT2D eigenvalue weighted by atomic mass is 10.3. The van der Waals surface area contributed by atoms with Crippen molar-refractivity contribution in [2.45, 2.75) is 45.8 Å². The van der Waals surface area contributed by atoms with Crippen LogP contribution in [0.1, 0.15) is 33.6 Å². The van der Waals surface area contributed by atoms with Crippen molar-refractivity contribution in [1.82, 2.24) is 15.0 Å². The molecule has 150 valence electrons. The van der Waals surface area contributed by atoms with E-state index in [-0.39, 0.29) is 22.8 Å². The molecule has 0 saturated heterocycles. The highest BCUT2D eigenvalue weighted by Gasteiger charge is 2.41. The van der Waals surface area contributed by atoms with Crippen LogP contribution in [0, 0.1) is 5.82 Å². The van der Waals surface area contributed by atoms with Gasteiger partial charge in [0.05, 0.1) is 17.8 Å². The molecule has 0 aliphatic carbocycles. The summed E-state index contributed by atoms with van der Waals surface area (Å²) < 4.78 is 53.4. The molecular formula is C16H21F4N5O2. The van der Waals surface area contributed by atoms with Crippen LogP contribution in [0.3, 0.4) is 0 Å². The summed E-state index contributed by atoms with van der Waals surface area (Å²) >= 11 is 0. The fourth-order valence-corrected chi connectivity index (χ4v) is 1.67. The summed E-state index contributed by atoms with van der Waals surface area (Å²) in [6.45, 7) is 5.25. The maximum atomic E-state index is 13.1. The molecule has 3 N–H and O–H groups in total. The second kappa shape index (κ2) is 9.83. The smallest absolute Gasteiger partial charge is 0.457 e. The molecule has 0 radical (unpaired) electrons. The molecule has 11 heteroatoms. The van der Waals surface area contributed by atoms with E-state index in [4.69, 9.17) is 5.73 Å². The number of unbranched alkanes of at least 4 members (excludes halogenated alkanes) is 1. The number of nitrogens with two attached hydrogens (primary N) is 1. The molecule has 0 aliphatic heterocycles. The first-order valence-electron chi connectivity index (χ1n) is 8.17. The Hall–Kier alpha value is -2.72. The maximum absolute atomic E-state index is 13.1. The molecule has 0 aromatic carbocycles. The van der Waals surface area contributed by atoms with Gasteiger partial charge in [-0.15, -0.1) is 0 Å². The molecule has 27 heavy (non-hydrogen) atoms. The van der Waals surface area contributed by atoms with E-state index in [2.05, 4.69) is 38.9 Å². The van der Waals surface area contributed by atoms with Crippen LogP contribution in [0.15, 0.2) is 12.3 Å². The Balaban J connectivity index is 0.000000828. The first-order chi connectivity index (χ1) is 12.6. The number of halogens is 4. The van der Waals surface area contributed by atoms with Crippen molar-refractivity contribution in [2.75, 3.05) is 17.7 Å². The van der Waals surface area contributed by atoms with E-state index >= 15 is 0 Å². The molecule has 2 heterocycles. The summed E-state index contributed by atoms with van der Waals surface area (Å²) in [5.74, 6) is -3.01. The quantitative estimate of drug-likeness (QED) is 0.594. The minimum absolute atomic E-state index is 0.0862. The van der Waals surface area contributed by atoms with Gasteiger partial charge in [-0.1, -0.05) is 26.7 Å². The topological polar surface area (TPSA) is 103 Å². The van der Waals surface area contributed by atoms with Gasteiger partial charge in [-0.3, -0.25) is 0 Å². The minimum Gasteiger partial charge on any atom is -0.457 e. The molecule has 0 bridgehead atoms. The number of hydrogen-bond donors (Lipinski definition) is 2. The summed E-state index contributed by atoms with van der Waals surface area (Å²) in [5.41, 5.74) is 5.78. The number of nitrogens with zero attached hydrogens (tertiary/aromatic N) is 3. The van der Waals surface area contributed by atoms with E-state index in [9.17, 15) is 22.4 Å². The van der Waals surface area contributed by atoms with Gasteiger partial charge in [-0.2, -0.15) is 18.2 Å². The Morgan fingerprint density at radius 1 is 1.30 bits per heavy atom. The van der Waals surface area contributed by atoms with Crippen molar-refractivity contribution >= 4 is 28.8 Å². The Kier molecular flexibility index (Phi) is 8.13. The highest BCUT2D eigenvalue weighted by atomic mass is 19.4. The number of rotatable bonds is 5. The number of nitrogen functional groups attached to an aromatic ring is 1. The third-order valence-electron chi connectivity index (χ3n) is 3.10. The Labute approximate surface area is 153 Å². The molecule has 0 fully saturated rings. The van der Waals surface area contributed by atoms with E-state index in [1.807, 2.05) is 0 Å². The molecule has 2 aromatic heterocycles. The molecule has 1 unspecified atom stereocenters. The van der Waals surface area contributed by atoms with Gasteiger partial charge in [0.15, 0.2) is 5.82 Å². The molecule has 0 saturated carbocycles. The predicted molar refractivity (Wildman–Crippen MR) is 92.4 cm³/mol. The van der Waals surface area contributed by atoms with Gasteiger partial charge >= 0.3 is 12.1 Å². The Bertz CT molecular complexity index is 763. The van der Waals surface area contributed by atoms with Crippen LogP contribution >= 0.6 is 0 Å². The van der Waals surface area contributed by atoms with Crippen molar-refractivity contribution < 1.29 is 27.1 Å². The summed E-state index contributed by atoms with van der Waals surface area (Å²) in [4.78, 5) is 22.1. The number of aromatic nitrogens is 3. The number of nitrogens with one attached hydrogen (secondary N) is 1. The van der Waals surface area contributed by atoms with Crippen LogP contribution in [0.5, 0.6) is 0 Å². The van der Waals surface area contributed by atoms with Gasteiger partial charge in [-0.25, -0.2) is 19.2 Å². The maximum Gasteiger partial charge on any atom is 0.490 e. The summed E-state index contributed by atoms with van der Waals surface area (Å²) in [6.07, 6.45) is -1.49. The Morgan fingerprint density at radius 2 is 1.93 bits per heavy atom. The normalized spacial score (nSPS) is 12.1. The van der Waals surface area contributed by atoms with Gasteiger partial charge in [-0.05, 0) is 6.92 Å². The lowest BCUT2D eigenvalue weighted by molar-refractivity contribution is -0.199. The monoisotopic (exact) mass is 391 g/mol. The van der Waals surface area contributed by atoms with E-state index in [0.29, 0.717) is 0 Å². The SMILES string of the molecule is CC(COC(=O)C(F)(F)F)Nc1nc(N)nc2cc(F)cnc12.CCCC. The van der Waals surface area contributed by atoms with Crippen LogP contribution in [0.25, 0.3) is 11.0 Å². The van der Waals surface area contributed by atoms with Gasteiger partial charge in [0.2, 0.25) is 5.95 Å². The highest BCUT2D eigenvalue weighted by Crippen LogP contribution is 2.21. The molecule has 7 nitrogen and oxygen atoms in total. The second-order valence-electron chi connectivity index (χ2n) is 5.59. The zero-order valence-corrected chi connectivity index (χ0v) is 15.1. The average Bonchev–Trinajstić information content (AvgIpc) is 2.58. The predicted octanol–water partition coefficient (Wildman–Crippen LogP) is 3.46. The summed E-state index contributed by atoms with van der Waals surface area (Å²) in [5, 5.41) is 2.69. The van der Waals surface area contributed by atoms with Crippen molar-refractivity contribution in [3.63, 3.8) is 0 Å². The van der Waals surface area contributed by atoms with E-state index in [1.54, 1.807) is 0 Å². The Morgan fingerprint density at radius 3 is 2.48 bits per heavy atom. The summed E-state index contributed by atoms with van der Waals surface area (Å²) in [7, 11) is 0. The lowest BCUT2D eigenvalue weighted by Crippen LogP contribution is -2.31. The van der Waals surface area contributed by atoms with Gasteiger partial charge in [0.1, 0.15) is 17.9 Å². The molecule has 0 aliphatic rings. The number of pyridine rings is 1. The van der Waals surface area contributed by atoms with Crippen LogP contribution in [-0.4, -0.2) is 39.7 Å². The lowest BCUT2D eigenvalue weighted by Gasteiger charge is -2.16. The molecule has 1 atom stereocenters. The molecule has 0 amide bonds. The number of carbonyl (C=O) groups is 1. The molecule has 2 aromatic rings. The van der Waals surface area contributed by atoms with Crippen LogP contribution in [0.4, 0.5) is 29.3 Å². The van der Waals surface area contributed by atoms with E-state index in [0.717, 1.165) is 12.3 Å². The van der Waals surface area contributed by atoms with E-state index < -0.39 is 30.6 Å². The van der Waals surface area contributed by atoms with Crippen molar-refractivity contribution in [3.05, 3.63) is 18.1 Å². The van der Waals surface area contributed by atoms with Crippen molar-refractivity contribution in [3.8, 4) is 0 Å². The van der Waals surface area contributed by atoms with Gasteiger partial charge in [0.25, 0.3) is 0 Å². The largest absolute Gasteiger partial charge is 0.490 e. The van der Waals surface area contributed by atoms with Gasteiger partial charge < -0.3 is 15.8 Å². The van der Waals surface area contributed by atoms with Crippen molar-refractivity contribution in [1.29, 1.82) is 0 Å². The third-order valence-corrected chi connectivity index (χ3v) is 3.10. The molecule has 2 rings (SSSR count). The molecule has 0 spiro atoms. The number of fused-ring (bicyclic) bond motifs is 1. The number of hydrogen-bond acceptors (Lipinski definition) is 7. The molecular weight excluding hydrogens is 370 g/mol. The standard InChI is InChI=1S/C12H11F4N5O2.C4H10/c1-5(4-23-10(22)12(14,15)16)19-9-8-7(20-11(17)21-9)2-6(13)3-18-8;1-3-4-2/h2-3,5H,4H2,1H3,(H3,17,19,20,21);3-4H2,1-2H3. The van der Waals surface area contributed by atoms with Crippen molar-refractivity contribution in [2.24, 2.45) is 0 Å². The van der Waals surface area contributed by atoms with Gasteiger partial charge in [0, 0.05) is 6.07 Å². The number of carbonyl (C=O) groups excluding carboxylic acids is 1. The average molecular weight is 391 g/mol. The first-order valence-corrected chi connectivity index (χ1v) is 8.17. The summed E-state index contributed by atoms with van der Waals surface area (Å²) in [6, 6.07) is 0.352. The number of alkyl halides is 3. The van der Waals surface area contributed by atoms with Crippen LogP contribution in [-0.2, 0) is 9.53 Å². The zero-order valence-electron chi connectivity index (χ0n) is 15.1. The minimum atomic E-state index is -5.06.